The quantitative estimate of drug-likeness (QED) is 0.849. The zero-order chi connectivity index (χ0) is 13.1. The van der Waals surface area contributed by atoms with Gasteiger partial charge in [0.2, 0.25) is 0 Å². The summed E-state index contributed by atoms with van der Waals surface area (Å²) in [6, 6.07) is 0.869. The Hall–Kier alpha value is -0.120. The molecule has 0 amide bonds. The molecule has 2 N–H and O–H groups in total. The average Bonchev–Trinajstić information content (AvgIpc) is 3.10. The molecule has 2 saturated heterocycles. The molecule has 3 aliphatic rings. The lowest BCUT2D eigenvalue weighted by molar-refractivity contribution is -0.00603. The number of nitrogens with two attached hydrogens (primary N) is 1. The second-order valence-electron chi connectivity index (χ2n) is 7.04. The molecule has 19 heavy (non-hydrogen) atoms. The van der Waals surface area contributed by atoms with Crippen molar-refractivity contribution >= 4 is 0 Å². The molecule has 2 heterocycles. The Bertz CT molecular complexity index is 282. The predicted octanol–water partition coefficient (Wildman–Crippen LogP) is 2.40. The highest BCUT2D eigenvalue weighted by molar-refractivity contribution is 4.93. The molecule has 0 aromatic heterocycles. The van der Waals surface area contributed by atoms with E-state index in [0.717, 1.165) is 44.6 Å². The predicted molar refractivity (Wildman–Crippen MR) is 78.1 cm³/mol. The van der Waals surface area contributed by atoms with Gasteiger partial charge in [0.1, 0.15) is 0 Å². The maximum absolute atomic E-state index is 6.13. The van der Waals surface area contributed by atoms with Crippen molar-refractivity contribution < 1.29 is 4.74 Å². The lowest BCUT2D eigenvalue weighted by Gasteiger charge is -2.42. The first-order chi connectivity index (χ1) is 9.33. The molecule has 1 saturated carbocycles. The van der Waals surface area contributed by atoms with Gasteiger partial charge in [-0.3, -0.25) is 4.90 Å². The molecule has 3 fully saturated rings. The Morgan fingerprint density at radius 3 is 2.47 bits per heavy atom. The third-order valence-corrected chi connectivity index (χ3v) is 5.88. The zero-order valence-electron chi connectivity index (χ0n) is 12.3. The van der Waals surface area contributed by atoms with Crippen molar-refractivity contribution in [1.29, 1.82) is 0 Å². The van der Waals surface area contributed by atoms with Crippen LogP contribution in [0.15, 0.2) is 0 Å². The van der Waals surface area contributed by atoms with E-state index in [1.165, 1.54) is 51.6 Å². The smallest absolute Gasteiger partial charge is 0.0472 e. The van der Waals surface area contributed by atoms with Gasteiger partial charge in [0.25, 0.3) is 0 Å². The van der Waals surface area contributed by atoms with Crippen LogP contribution in [0.1, 0.15) is 51.4 Å². The highest BCUT2D eigenvalue weighted by atomic mass is 16.5. The second-order valence-corrected chi connectivity index (χ2v) is 7.04. The van der Waals surface area contributed by atoms with E-state index in [1.807, 2.05) is 0 Å². The third kappa shape index (κ3) is 2.98. The van der Waals surface area contributed by atoms with Crippen LogP contribution in [0.25, 0.3) is 0 Å². The van der Waals surface area contributed by atoms with Crippen LogP contribution in [0, 0.1) is 11.3 Å². The fourth-order valence-corrected chi connectivity index (χ4v) is 4.59. The lowest BCUT2D eigenvalue weighted by Crippen LogP contribution is -2.48. The minimum atomic E-state index is 0.347. The van der Waals surface area contributed by atoms with Gasteiger partial charge < -0.3 is 10.5 Å². The van der Waals surface area contributed by atoms with Gasteiger partial charge in [0.15, 0.2) is 0 Å². The van der Waals surface area contributed by atoms with E-state index in [1.54, 1.807) is 0 Å². The van der Waals surface area contributed by atoms with E-state index in [2.05, 4.69) is 4.90 Å². The summed E-state index contributed by atoms with van der Waals surface area (Å²) in [5, 5.41) is 0. The SMILES string of the molecule is NCC1(CN2CCCC2C2CCCC2)CCOCC1. The standard InChI is InChI=1S/C16H30N2O/c17-12-16(7-10-19-11-8-16)13-18-9-3-6-15(18)14-4-1-2-5-14/h14-15H,1-13,17H2. The van der Waals surface area contributed by atoms with Gasteiger partial charge in [-0.25, -0.2) is 0 Å². The Kier molecular flexibility index (Phi) is 4.45. The molecular weight excluding hydrogens is 236 g/mol. The van der Waals surface area contributed by atoms with Crippen LogP contribution in [0.4, 0.5) is 0 Å². The zero-order valence-corrected chi connectivity index (χ0v) is 12.3. The summed E-state index contributed by atoms with van der Waals surface area (Å²) in [5.74, 6) is 0.983. The maximum atomic E-state index is 6.13. The molecule has 2 aliphatic heterocycles. The summed E-state index contributed by atoms with van der Waals surface area (Å²) in [4.78, 5) is 2.80. The Morgan fingerprint density at radius 1 is 1.05 bits per heavy atom. The molecule has 3 nitrogen and oxygen atoms in total. The molecule has 1 atom stereocenters. The molecule has 3 heteroatoms. The van der Waals surface area contributed by atoms with E-state index in [4.69, 9.17) is 10.5 Å². The summed E-state index contributed by atoms with van der Waals surface area (Å²) >= 11 is 0. The first-order valence-corrected chi connectivity index (χ1v) is 8.35. The molecule has 0 aromatic carbocycles. The first kappa shape index (κ1) is 13.8. The Balaban J connectivity index is 1.63. The van der Waals surface area contributed by atoms with Crippen LogP contribution in [-0.2, 0) is 4.74 Å². The third-order valence-electron chi connectivity index (χ3n) is 5.88. The van der Waals surface area contributed by atoms with Crippen molar-refractivity contribution in [2.75, 3.05) is 32.8 Å². The fourth-order valence-electron chi connectivity index (χ4n) is 4.59. The minimum absolute atomic E-state index is 0.347. The van der Waals surface area contributed by atoms with E-state index >= 15 is 0 Å². The first-order valence-electron chi connectivity index (χ1n) is 8.35. The van der Waals surface area contributed by atoms with E-state index in [-0.39, 0.29) is 0 Å². The minimum Gasteiger partial charge on any atom is -0.381 e. The largest absolute Gasteiger partial charge is 0.381 e. The van der Waals surface area contributed by atoms with E-state index in [9.17, 15) is 0 Å². The fraction of sp³-hybridized carbons (Fsp3) is 1.00. The van der Waals surface area contributed by atoms with Gasteiger partial charge in [-0.1, -0.05) is 12.8 Å². The molecule has 0 aromatic rings. The monoisotopic (exact) mass is 266 g/mol. The lowest BCUT2D eigenvalue weighted by atomic mass is 9.79. The van der Waals surface area contributed by atoms with Crippen molar-refractivity contribution in [3.05, 3.63) is 0 Å². The van der Waals surface area contributed by atoms with Gasteiger partial charge in [0, 0.05) is 25.8 Å². The Morgan fingerprint density at radius 2 is 1.79 bits per heavy atom. The highest BCUT2D eigenvalue weighted by Gasteiger charge is 2.39. The number of hydrogen-bond acceptors (Lipinski definition) is 3. The maximum Gasteiger partial charge on any atom is 0.0472 e. The van der Waals surface area contributed by atoms with Crippen LogP contribution in [-0.4, -0.2) is 43.8 Å². The molecule has 3 rings (SSSR count). The molecule has 1 aliphatic carbocycles. The van der Waals surface area contributed by atoms with Gasteiger partial charge in [-0.2, -0.15) is 0 Å². The van der Waals surface area contributed by atoms with E-state index in [0.29, 0.717) is 5.41 Å². The molecular formula is C16H30N2O. The van der Waals surface area contributed by atoms with Crippen LogP contribution in [0.3, 0.4) is 0 Å². The summed E-state index contributed by atoms with van der Waals surface area (Å²) in [6.07, 6.45) is 11.0. The van der Waals surface area contributed by atoms with Crippen molar-refractivity contribution in [1.82, 2.24) is 4.90 Å². The topological polar surface area (TPSA) is 38.5 Å². The second kappa shape index (κ2) is 6.11. The molecule has 110 valence electrons. The normalized spacial score (nSPS) is 33.0. The van der Waals surface area contributed by atoms with E-state index < -0.39 is 0 Å². The summed E-state index contributed by atoms with van der Waals surface area (Å²) in [5.41, 5.74) is 6.48. The number of nitrogens with zero attached hydrogens (tertiary/aromatic N) is 1. The average molecular weight is 266 g/mol. The van der Waals surface area contributed by atoms with Gasteiger partial charge in [-0.05, 0) is 62.9 Å². The van der Waals surface area contributed by atoms with Crippen LogP contribution in [0.5, 0.6) is 0 Å². The van der Waals surface area contributed by atoms with Crippen molar-refractivity contribution in [2.24, 2.45) is 17.1 Å². The highest BCUT2D eigenvalue weighted by Crippen LogP contribution is 2.38. The van der Waals surface area contributed by atoms with Crippen LogP contribution in [0.2, 0.25) is 0 Å². The molecule has 0 bridgehead atoms. The van der Waals surface area contributed by atoms with Crippen molar-refractivity contribution in [3.8, 4) is 0 Å². The van der Waals surface area contributed by atoms with Gasteiger partial charge in [0.05, 0.1) is 0 Å². The van der Waals surface area contributed by atoms with Crippen molar-refractivity contribution in [3.63, 3.8) is 0 Å². The van der Waals surface area contributed by atoms with Gasteiger partial charge >= 0.3 is 0 Å². The summed E-state index contributed by atoms with van der Waals surface area (Å²) < 4.78 is 5.54. The number of ether oxygens (including phenoxy) is 1. The number of rotatable bonds is 4. The van der Waals surface area contributed by atoms with Crippen molar-refractivity contribution in [2.45, 2.75) is 57.4 Å². The number of likely N-dealkylation sites (tertiary alicyclic amines) is 1. The summed E-state index contributed by atoms with van der Waals surface area (Å²) in [7, 11) is 0. The number of hydrogen-bond donors (Lipinski definition) is 1. The molecule has 1 unspecified atom stereocenters. The van der Waals surface area contributed by atoms with Gasteiger partial charge in [-0.15, -0.1) is 0 Å². The Labute approximate surface area is 117 Å². The molecule has 0 radical (unpaired) electrons. The van der Waals surface area contributed by atoms with Crippen LogP contribution < -0.4 is 5.73 Å². The molecule has 0 spiro atoms. The van der Waals surface area contributed by atoms with Crippen LogP contribution >= 0.6 is 0 Å². The summed E-state index contributed by atoms with van der Waals surface area (Å²) in [6.45, 7) is 5.21.